The number of hydrogen-bond acceptors (Lipinski definition) is 5. The summed E-state index contributed by atoms with van der Waals surface area (Å²) in [6.07, 6.45) is 0. The van der Waals surface area contributed by atoms with Crippen LogP contribution in [0.15, 0.2) is 60.7 Å². The van der Waals surface area contributed by atoms with Gasteiger partial charge < -0.3 is 20.1 Å². The van der Waals surface area contributed by atoms with Crippen molar-refractivity contribution in [2.75, 3.05) is 26.3 Å². The lowest BCUT2D eigenvalue weighted by Crippen LogP contribution is -2.40. The Morgan fingerprint density at radius 2 is 1.68 bits per heavy atom. The van der Waals surface area contributed by atoms with Gasteiger partial charge in [0, 0.05) is 41.3 Å². The fourth-order valence-corrected chi connectivity index (χ4v) is 4.65. The fraction of sp³-hybridized carbons (Fsp3) is 0.296. The number of rotatable bonds is 4. The molecular weight excluding hydrogens is 430 g/mol. The van der Waals surface area contributed by atoms with Crippen molar-refractivity contribution in [2.45, 2.75) is 19.8 Å². The highest BCUT2D eigenvalue weighted by Crippen LogP contribution is 2.51. The number of nitrogens with zero attached hydrogens (tertiary/aromatic N) is 2. The maximum absolute atomic E-state index is 12.7. The highest BCUT2D eigenvalue weighted by molar-refractivity contribution is 5.94. The summed E-state index contributed by atoms with van der Waals surface area (Å²) in [4.78, 5) is 31.7. The van der Waals surface area contributed by atoms with Gasteiger partial charge in [0.05, 0.1) is 24.3 Å². The Hall–Kier alpha value is -3.71. The molecule has 3 aromatic rings. The van der Waals surface area contributed by atoms with Crippen LogP contribution in [-0.2, 0) is 9.53 Å². The lowest BCUT2D eigenvalue weighted by Gasteiger charge is -2.36. The summed E-state index contributed by atoms with van der Waals surface area (Å²) in [7, 11) is 0. The van der Waals surface area contributed by atoms with Crippen LogP contribution in [-0.4, -0.2) is 48.0 Å². The van der Waals surface area contributed by atoms with E-state index < -0.39 is 5.41 Å². The van der Waals surface area contributed by atoms with Crippen LogP contribution in [0.1, 0.15) is 41.3 Å². The third-order valence-electron chi connectivity index (χ3n) is 6.72. The van der Waals surface area contributed by atoms with Crippen molar-refractivity contribution < 1.29 is 19.1 Å². The normalized spacial score (nSPS) is 17.4. The van der Waals surface area contributed by atoms with Crippen molar-refractivity contribution in [2.24, 2.45) is 11.1 Å². The number of fused-ring (bicyclic) bond motifs is 2. The highest BCUT2D eigenvalue weighted by Gasteiger charge is 2.42. The van der Waals surface area contributed by atoms with Gasteiger partial charge in [0.1, 0.15) is 5.75 Å². The molecule has 1 atom stereocenters. The topological polar surface area (TPSA) is 94.8 Å². The van der Waals surface area contributed by atoms with Crippen LogP contribution < -0.4 is 10.5 Å². The maximum Gasteiger partial charge on any atom is 0.254 e. The monoisotopic (exact) mass is 457 g/mol. The second-order valence-corrected chi connectivity index (χ2v) is 9.23. The molecule has 0 spiro atoms. The first-order valence-corrected chi connectivity index (χ1v) is 11.4. The summed E-state index contributed by atoms with van der Waals surface area (Å²) in [6, 6.07) is 19.0. The van der Waals surface area contributed by atoms with Gasteiger partial charge in [0.2, 0.25) is 11.8 Å². The molecule has 1 unspecified atom stereocenters. The average molecular weight is 458 g/mol. The standard InChI is InChI=1S/C27H27N3O4/c1-27(2,26(28)32)23-19-5-3-4-6-22(19)34-24-20(23)11-12-21(29-24)17-7-9-18(10-8-17)25(31)30-13-15-33-16-14-30/h3-12,23H,13-16H2,1-2H3,(H2,28,32). The third kappa shape index (κ3) is 3.82. The second kappa shape index (κ2) is 8.57. The predicted molar refractivity (Wildman–Crippen MR) is 128 cm³/mol. The molecule has 174 valence electrons. The molecule has 0 saturated carbocycles. The molecule has 1 aromatic heterocycles. The van der Waals surface area contributed by atoms with E-state index in [1.54, 1.807) is 0 Å². The van der Waals surface area contributed by atoms with E-state index in [0.717, 1.165) is 22.4 Å². The number of carbonyl (C=O) groups excluding carboxylic acids is 2. The van der Waals surface area contributed by atoms with Gasteiger partial charge in [-0.1, -0.05) is 50.2 Å². The van der Waals surface area contributed by atoms with Gasteiger partial charge in [-0.3, -0.25) is 9.59 Å². The largest absolute Gasteiger partial charge is 0.438 e. The molecule has 1 fully saturated rings. The first kappa shape index (κ1) is 22.1. The number of primary amides is 1. The van der Waals surface area contributed by atoms with Gasteiger partial charge in [-0.25, -0.2) is 4.98 Å². The summed E-state index contributed by atoms with van der Waals surface area (Å²) in [5.41, 5.74) is 8.92. The summed E-state index contributed by atoms with van der Waals surface area (Å²) in [5, 5.41) is 0. The Kier molecular flexibility index (Phi) is 5.57. The molecule has 0 bridgehead atoms. The molecule has 7 heteroatoms. The molecule has 34 heavy (non-hydrogen) atoms. The number of amides is 2. The van der Waals surface area contributed by atoms with Gasteiger partial charge in [-0.05, 0) is 24.3 Å². The first-order valence-electron chi connectivity index (χ1n) is 11.4. The van der Waals surface area contributed by atoms with E-state index in [1.807, 2.05) is 79.4 Å². The Labute approximate surface area is 198 Å². The molecule has 7 nitrogen and oxygen atoms in total. The third-order valence-corrected chi connectivity index (χ3v) is 6.72. The number of aromatic nitrogens is 1. The van der Waals surface area contributed by atoms with Crippen molar-refractivity contribution in [3.63, 3.8) is 0 Å². The lowest BCUT2D eigenvalue weighted by atomic mass is 9.70. The van der Waals surface area contributed by atoms with Crippen LogP contribution in [0.4, 0.5) is 0 Å². The van der Waals surface area contributed by atoms with Gasteiger partial charge in [-0.15, -0.1) is 0 Å². The van der Waals surface area contributed by atoms with E-state index in [0.29, 0.717) is 43.5 Å². The number of morpholine rings is 1. The van der Waals surface area contributed by atoms with Crippen LogP contribution in [0.3, 0.4) is 0 Å². The zero-order valence-corrected chi connectivity index (χ0v) is 19.3. The van der Waals surface area contributed by atoms with Crippen LogP contribution >= 0.6 is 0 Å². The molecule has 3 heterocycles. The number of pyridine rings is 1. The quantitative estimate of drug-likeness (QED) is 0.640. The SMILES string of the molecule is CC(C)(C(N)=O)C1c2ccccc2Oc2nc(-c3ccc(C(=O)N4CCOCC4)cc3)ccc21. The van der Waals surface area contributed by atoms with Crippen molar-refractivity contribution in [1.82, 2.24) is 9.88 Å². The predicted octanol–water partition coefficient (Wildman–Crippen LogP) is 3.97. The number of nitrogens with two attached hydrogens (primary N) is 1. The lowest BCUT2D eigenvalue weighted by molar-refractivity contribution is -0.126. The van der Waals surface area contributed by atoms with Crippen molar-refractivity contribution >= 4 is 11.8 Å². The zero-order valence-electron chi connectivity index (χ0n) is 19.3. The smallest absolute Gasteiger partial charge is 0.254 e. The number of ether oxygens (including phenoxy) is 2. The van der Waals surface area contributed by atoms with Crippen molar-refractivity contribution in [1.29, 1.82) is 0 Å². The molecule has 1 saturated heterocycles. The number of para-hydroxylation sites is 1. The Balaban J connectivity index is 1.48. The Morgan fingerprint density at radius 1 is 0.971 bits per heavy atom. The number of benzene rings is 2. The van der Waals surface area contributed by atoms with Crippen LogP contribution in [0.2, 0.25) is 0 Å². The van der Waals surface area contributed by atoms with E-state index in [2.05, 4.69) is 0 Å². The van der Waals surface area contributed by atoms with Gasteiger partial charge >= 0.3 is 0 Å². The van der Waals surface area contributed by atoms with Gasteiger partial charge in [0.15, 0.2) is 0 Å². The minimum Gasteiger partial charge on any atom is -0.438 e. The van der Waals surface area contributed by atoms with Gasteiger partial charge in [-0.2, -0.15) is 0 Å². The van der Waals surface area contributed by atoms with Crippen LogP contribution in [0.5, 0.6) is 11.6 Å². The molecule has 5 rings (SSSR count). The molecular formula is C27H27N3O4. The zero-order chi connectivity index (χ0) is 23.9. The Bertz CT molecular complexity index is 1250. The van der Waals surface area contributed by atoms with Crippen molar-refractivity contribution in [3.05, 3.63) is 77.4 Å². The highest BCUT2D eigenvalue weighted by atomic mass is 16.5. The van der Waals surface area contributed by atoms with Gasteiger partial charge in [0.25, 0.3) is 5.91 Å². The fourth-order valence-electron chi connectivity index (χ4n) is 4.65. The molecule has 2 aliphatic rings. The van der Waals surface area contributed by atoms with E-state index >= 15 is 0 Å². The van der Waals surface area contributed by atoms with E-state index in [-0.39, 0.29) is 17.7 Å². The van der Waals surface area contributed by atoms with Crippen molar-refractivity contribution in [3.8, 4) is 22.9 Å². The molecule has 2 amide bonds. The average Bonchev–Trinajstić information content (AvgIpc) is 2.87. The minimum atomic E-state index is -0.834. The molecule has 0 radical (unpaired) electrons. The summed E-state index contributed by atoms with van der Waals surface area (Å²) < 4.78 is 11.5. The van der Waals surface area contributed by atoms with E-state index in [1.165, 1.54) is 0 Å². The first-order chi connectivity index (χ1) is 16.4. The maximum atomic E-state index is 12.7. The number of carbonyl (C=O) groups is 2. The molecule has 0 aliphatic carbocycles. The van der Waals surface area contributed by atoms with Crippen LogP contribution in [0.25, 0.3) is 11.3 Å². The molecule has 2 aromatic carbocycles. The minimum absolute atomic E-state index is 0.00437. The second-order valence-electron chi connectivity index (χ2n) is 9.23. The summed E-state index contributed by atoms with van der Waals surface area (Å²) in [5.74, 6) is 0.476. The summed E-state index contributed by atoms with van der Waals surface area (Å²) >= 11 is 0. The summed E-state index contributed by atoms with van der Waals surface area (Å²) in [6.45, 7) is 6.05. The number of hydrogen-bond donors (Lipinski definition) is 1. The molecule has 2 aliphatic heterocycles. The molecule has 2 N–H and O–H groups in total. The van der Waals surface area contributed by atoms with E-state index in [9.17, 15) is 9.59 Å². The van der Waals surface area contributed by atoms with E-state index in [4.69, 9.17) is 20.2 Å². The Morgan fingerprint density at radius 3 is 2.38 bits per heavy atom. The van der Waals surface area contributed by atoms with Crippen LogP contribution in [0, 0.1) is 5.41 Å².